The van der Waals surface area contributed by atoms with E-state index in [-0.39, 0.29) is 0 Å². The monoisotopic (exact) mass is 318 g/mol. The van der Waals surface area contributed by atoms with Crippen molar-refractivity contribution in [1.29, 1.82) is 0 Å². The highest BCUT2D eigenvalue weighted by molar-refractivity contribution is 5.78. The van der Waals surface area contributed by atoms with E-state index in [1.54, 1.807) is 0 Å². The van der Waals surface area contributed by atoms with E-state index >= 15 is 0 Å². The van der Waals surface area contributed by atoms with Gasteiger partial charge in [-0.2, -0.15) is 0 Å². The molecule has 0 saturated carbocycles. The van der Waals surface area contributed by atoms with E-state index < -0.39 is 0 Å². The van der Waals surface area contributed by atoms with E-state index in [9.17, 15) is 0 Å². The largest absolute Gasteiger partial charge is 0.370 e. The molecular weight excluding hydrogens is 292 g/mol. The average Bonchev–Trinajstić information content (AvgIpc) is 2.96. The minimum Gasteiger partial charge on any atom is -0.370 e. The number of rotatable bonds is 1. The summed E-state index contributed by atoms with van der Waals surface area (Å²) in [7, 11) is 2.34. The molecule has 2 aliphatic heterocycles. The lowest BCUT2D eigenvalue weighted by molar-refractivity contribution is 0.127. The molecule has 5 rings (SSSR count). The molecule has 24 heavy (non-hydrogen) atoms. The highest BCUT2D eigenvalue weighted by atomic mass is 15.3. The molecule has 2 atom stereocenters. The number of anilines is 1. The number of nitrogens with zero attached hydrogens (tertiary/aromatic N) is 2. The van der Waals surface area contributed by atoms with Crippen LogP contribution in [0.25, 0.3) is 11.1 Å². The van der Waals surface area contributed by atoms with Crippen LogP contribution in [-0.4, -0.2) is 37.1 Å². The van der Waals surface area contributed by atoms with Gasteiger partial charge in [-0.25, -0.2) is 0 Å². The minimum atomic E-state index is 0.733. The lowest BCUT2D eigenvalue weighted by Crippen LogP contribution is -2.45. The molecule has 2 fully saturated rings. The molecule has 0 N–H and O–H groups in total. The predicted octanol–water partition coefficient (Wildman–Crippen LogP) is 4.32. The van der Waals surface area contributed by atoms with Crippen LogP contribution in [0.3, 0.4) is 0 Å². The van der Waals surface area contributed by atoms with Gasteiger partial charge in [-0.15, -0.1) is 0 Å². The van der Waals surface area contributed by atoms with Crippen molar-refractivity contribution in [3.05, 3.63) is 53.6 Å². The van der Waals surface area contributed by atoms with E-state index in [0.29, 0.717) is 0 Å². The second-order valence-corrected chi connectivity index (χ2v) is 7.81. The number of fused-ring (bicyclic) bond motifs is 5. The number of likely N-dealkylation sites (N-methyl/N-ethyl adjacent to an activating group) is 1. The fraction of sp³-hybridized carbons (Fsp3) is 0.455. The zero-order valence-corrected chi connectivity index (χ0v) is 14.5. The number of hydrogen-bond donors (Lipinski definition) is 0. The molecule has 2 aromatic carbocycles. The molecule has 2 heterocycles. The van der Waals surface area contributed by atoms with Gasteiger partial charge in [0.15, 0.2) is 0 Å². The molecule has 0 radical (unpaired) electrons. The van der Waals surface area contributed by atoms with Crippen LogP contribution in [0.1, 0.15) is 36.8 Å². The molecule has 2 heteroatoms. The maximum Gasteiger partial charge on any atom is 0.0370 e. The van der Waals surface area contributed by atoms with Gasteiger partial charge < -0.3 is 4.90 Å². The van der Waals surface area contributed by atoms with E-state index in [4.69, 9.17) is 0 Å². The molecule has 2 nitrogen and oxygen atoms in total. The molecule has 2 aromatic rings. The minimum absolute atomic E-state index is 0.733. The number of benzene rings is 2. The van der Waals surface area contributed by atoms with Crippen LogP contribution in [0, 0.1) is 0 Å². The van der Waals surface area contributed by atoms with Crippen molar-refractivity contribution in [1.82, 2.24) is 4.90 Å². The number of hydrogen-bond acceptors (Lipinski definition) is 2. The van der Waals surface area contributed by atoms with Gasteiger partial charge in [0.1, 0.15) is 0 Å². The lowest BCUT2D eigenvalue weighted by atomic mass is 9.96. The Morgan fingerprint density at radius 3 is 2.67 bits per heavy atom. The first-order valence-electron chi connectivity index (χ1n) is 9.48. The maximum atomic E-state index is 2.66. The van der Waals surface area contributed by atoms with Crippen LogP contribution < -0.4 is 4.90 Å². The zero-order chi connectivity index (χ0) is 16.1. The lowest BCUT2D eigenvalue weighted by Gasteiger charge is -2.37. The first kappa shape index (κ1) is 14.5. The molecular formula is C22H26N2. The van der Waals surface area contributed by atoms with Crippen molar-refractivity contribution in [2.45, 2.75) is 44.2 Å². The van der Waals surface area contributed by atoms with Gasteiger partial charge in [0.05, 0.1) is 0 Å². The van der Waals surface area contributed by atoms with Gasteiger partial charge in [-0.3, -0.25) is 4.90 Å². The SMILES string of the molecule is CN1C2CCCC1CN(c1ccc3c(c1)Cc1ccccc1-3)CC2. The smallest absolute Gasteiger partial charge is 0.0370 e. The van der Waals surface area contributed by atoms with Gasteiger partial charge in [-0.05, 0) is 67.1 Å². The first-order valence-corrected chi connectivity index (χ1v) is 9.48. The van der Waals surface area contributed by atoms with E-state index in [2.05, 4.69) is 59.3 Å². The van der Waals surface area contributed by atoms with Gasteiger partial charge in [0.2, 0.25) is 0 Å². The van der Waals surface area contributed by atoms with Crippen molar-refractivity contribution < 1.29 is 0 Å². The van der Waals surface area contributed by atoms with Crippen LogP contribution in [0.4, 0.5) is 5.69 Å². The van der Waals surface area contributed by atoms with Gasteiger partial charge in [-0.1, -0.05) is 36.8 Å². The zero-order valence-electron chi connectivity index (χ0n) is 14.5. The Morgan fingerprint density at radius 2 is 1.71 bits per heavy atom. The summed E-state index contributed by atoms with van der Waals surface area (Å²) in [6.07, 6.45) is 6.57. The normalized spacial score (nSPS) is 26.0. The fourth-order valence-corrected chi connectivity index (χ4v) is 5.08. The molecule has 0 aromatic heterocycles. The van der Waals surface area contributed by atoms with Crippen LogP contribution in [0.5, 0.6) is 0 Å². The third-order valence-electron chi connectivity index (χ3n) is 6.53. The second-order valence-electron chi connectivity index (χ2n) is 7.81. The van der Waals surface area contributed by atoms with Crippen molar-refractivity contribution >= 4 is 5.69 Å². The van der Waals surface area contributed by atoms with E-state index in [1.807, 2.05) is 0 Å². The molecule has 0 amide bonds. The Morgan fingerprint density at radius 1 is 0.875 bits per heavy atom. The molecule has 2 bridgehead atoms. The van der Waals surface area contributed by atoms with Crippen molar-refractivity contribution in [2.24, 2.45) is 0 Å². The van der Waals surface area contributed by atoms with E-state index in [1.165, 1.54) is 66.7 Å². The third kappa shape index (κ3) is 2.28. The molecule has 0 spiro atoms. The summed E-state index contributed by atoms with van der Waals surface area (Å²) in [5, 5.41) is 0. The fourth-order valence-electron chi connectivity index (χ4n) is 5.08. The Labute approximate surface area is 145 Å². The summed E-state index contributed by atoms with van der Waals surface area (Å²) in [6.45, 7) is 2.40. The van der Waals surface area contributed by atoms with Crippen LogP contribution in [-0.2, 0) is 6.42 Å². The Kier molecular flexibility index (Phi) is 3.41. The topological polar surface area (TPSA) is 6.48 Å². The third-order valence-corrected chi connectivity index (χ3v) is 6.53. The Hall–Kier alpha value is -1.80. The van der Waals surface area contributed by atoms with Gasteiger partial charge >= 0.3 is 0 Å². The highest BCUT2D eigenvalue weighted by Gasteiger charge is 2.32. The molecule has 124 valence electrons. The molecule has 2 saturated heterocycles. The molecule has 1 aliphatic carbocycles. The van der Waals surface area contributed by atoms with Crippen molar-refractivity contribution in [2.75, 3.05) is 25.0 Å². The summed E-state index contributed by atoms with van der Waals surface area (Å²) >= 11 is 0. The van der Waals surface area contributed by atoms with Gasteiger partial charge in [0.25, 0.3) is 0 Å². The molecule has 3 aliphatic rings. The van der Waals surface area contributed by atoms with Crippen LogP contribution in [0.2, 0.25) is 0 Å². The quantitative estimate of drug-likeness (QED) is 0.659. The second kappa shape index (κ2) is 5.63. The summed E-state index contributed by atoms with van der Waals surface area (Å²) in [5.74, 6) is 0. The standard InChI is InChI=1S/C22H26N2/c1-23-18-6-4-7-20(23)15-24(12-11-18)19-9-10-22-17(14-19)13-16-5-2-3-8-21(16)22/h2-3,5,8-10,14,18,20H,4,6-7,11-13,15H2,1H3. The van der Waals surface area contributed by atoms with Crippen molar-refractivity contribution in [3.8, 4) is 11.1 Å². The predicted molar refractivity (Wildman–Crippen MR) is 101 cm³/mol. The summed E-state index contributed by atoms with van der Waals surface area (Å²) in [5.41, 5.74) is 7.30. The Balaban J connectivity index is 1.45. The van der Waals surface area contributed by atoms with Crippen LogP contribution >= 0.6 is 0 Å². The Bertz CT molecular complexity index is 766. The average molecular weight is 318 g/mol. The highest BCUT2D eigenvalue weighted by Crippen LogP contribution is 2.39. The first-order chi connectivity index (χ1) is 11.8. The van der Waals surface area contributed by atoms with Crippen LogP contribution in [0.15, 0.2) is 42.5 Å². The van der Waals surface area contributed by atoms with Crippen molar-refractivity contribution in [3.63, 3.8) is 0 Å². The molecule has 2 unspecified atom stereocenters. The van der Waals surface area contributed by atoms with Gasteiger partial charge in [0, 0.05) is 30.9 Å². The summed E-state index contributed by atoms with van der Waals surface area (Å²) in [4.78, 5) is 5.31. The number of piperidine rings is 1. The van der Waals surface area contributed by atoms with E-state index in [0.717, 1.165) is 18.5 Å². The summed E-state index contributed by atoms with van der Waals surface area (Å²) < 4.78 is 0. The maximum absolute atomic E-state index is 2.66. The summed E-state index contributed by atoms with van der Waals surface area (Å²) in [6, 6.07) is 17.6.